The number of amidine groups is 1. The lowest BCUT2D eigenvalue weighted by Gasteiger charge is -2.16. The largest absolute Gasteiger partial charge is 0.388 e. The molecule has 26 heavy (non-hydrogen) atoms. The number of benzene rings is 1. The summed E-state index contributed by atoms with van der Waals surface area (Å²) >= 11 is 1.34. The van der Waals surface area contributed by atoms with Crippen LogP contribution in [0.3, 0.4) is 0 Å². The number of nitrogens with two attached hydrogens (primary N) is 2. The Hall–Kier alpha value is -2.32. The number of aromatic nitrogens is 1. The van der Waals surface area contributed by atoms with E-state index in [1.165, 1.54) is 11.3 Å². The summed E-state index contributed by atoms with van der Waals surface area (Å²) in [5.74, 6) is -0.220. The van der Waals surface area contributed by atoms with E-state index in [4.69, 9.17) is 16.9 Å². The number of ketones is 1. The summed E-state index contributed by atoms with van der Waals surface area (Å²) in [6.45, 7) is 0.433. The number of carbonyl (C=O) groups excluding carboxylic acids is 2. The summed E-state index contributed by atoms with van der Waals surface area (Å²) in [6.07, 6.45) is 3.26. The van der Waals surface area contributed by atoms with Gasteiger partial charge in [-0.3, -0.25) is 15.0 Å². The number of Topliss-reactive ketones (excluding diaryl/α,β-unsaturated/α-hetero) is 1. The van der Waals surface area contributed by atoms with Gasteiger partial charge in [0.2, 0.25) is 11.7 Å². The molecule has 0 aliphatic heterocycles. The highest BCUT2D eigenvalue weighted by atomic mass is 32.1. The van der Waals surface area contributed by atoms with Crippen molar-refractivity contribution in [2.45, 2.75) is 44.6 Å². The summed E-state index contributed by atoms with van der Waals surface area (Å²) in [5, 5.41) is 10.5. The van der Waals surface area contributed by atoms with Crippen LogP contribution in [0.5, 0.6) is 0 Å². The molecule has 0 aliphatic carbocycles. The van der Waals surface area contributed by atoms with Gasteiger partial charge in [-0.2, -0.15) is 0 Å². The lowest BCUT2D eigenvalue weighted by molar-refractivity contribution is -0.121. The molecule has 7 nitrogen and oxygen atoms in total. The second-order valence-corrected chi connectivity index (χ2v) is 7.16. The van der Waals surface area contributed by atoms with Gasteiger partial charge >= 0.3 is 0 Å². The number of hydrogen-bond acceptors (Lipinski definition) is 6. The number of carbonyl (C=O) groups is 2. The number of hydrogen-bond donors (Lipinski definition) is 4. The van der Waals surface area contributed by atoms with Gasteiger partial charge in [0, 0.05) is 12.8 Å². The highest BCUT2D eigenvalue weighted by Crippen LogP contribution is 2.23. The van der Waals surface area contributed by atoms with Crippen LogP contribution in [0.15, 0.2) is 24.3 Å². The smallest absolute Gasteiger partial charge is 0.220 e. The Balaban J connectivity index is 2.07. The Kier molecular flexibility index (Phi) is 7.68. The SMILES string of the molecule is N=C(N)CCCC[C@H](NC(=O)CCCN)C(=O)c1nc2ccccc2s1. The Morgan fingerprint density at radius 2 is 1.96 bits per heavy atom. The molecular formula is C18H25N5O2S. The predicted octanol–water partition coefficient (Wildman–Crippen LogP) is 2.20. The minimum Gasteiger partial charge on any atom is -0.388 e. The van der Waals surface area contributed by atoms with Crippen LogP contribution in [-0.2, 0) is 4.79 Å². The molecule has 0 unspecified atom stereocenters. The van der Waals surface area contributed by atoms with Gasteiger partial charge in [-0.1, -0.05) is 18.6 Å². The number of unbranched alkanes of at least 4 members (excludes halogenated alkanes) is 1. The van der Waals surface area contributed by atoms with E-state index in [9.17, 15) is 9.59 Å². The van der Waals surface area contributed by atoms with Gasteiger partial charge in [-0.25, -0.2) is 4.98 Å². The zero-order valence-corrected chi connectivity index (χ0v) is 15.5. The third-order valence-electron chi connectivity index (χ3n) is 3.95. The Morgan fingerprint density at radius 3 is 2.65 bits per heavy atom. The average molecular weight is 375 g/mol. The van der Waals surface area contributed by atoms with Crippen molar-refractivity contribution in [1.29, 1.82) is 5.41 Å². The third-order valence-corrected chi connectivity index (χ3v) is 5.00. The highest BCUT2D eigenvalue weighted by Gasteiger charge is 2.24. The molecular weight excluding hydrogens is 350 g/mol. The van der Waals surface area contributed by atoms with Crippen LogP contribution in [0.25, 0.3) is 10.2 Å². The topological polar surface area (TPSA) is 135 Å². The van der Waals surface area contributed by atoms with Gasteiger partial charge in [0.25, 0.3) is 0 Å². The van der Waals surface area contributed by atoms with Crippen LogP contribution < -0.4 is 16.8 Å². The van der Waals surface area contributed by atoms with E-state index in [0.29, 0.717) is 50.1 Å². The zero-order chi connectivity index (χ0) is 18.9. The Morgan fingerprint density at radius 1 is 1.19 bits per heavy atom. The normalized spacial score (nSPS) is 12.0. The van der Waals surface area contributed by atoms with Crippen molar-refractivity contribution in [3.8, 4) is 0 Å². The van der Waals surface area contributed by atoms with Crippen LogP contribution in [0.2, 0.25) is 0 Å². The fraction of sp³-hybridized carbons (Fsp3) is 0.444. The van der Waals surface area contributed by atoms with Crippen molar-refractivity contribution in [3.63, 3.8) is 0 Å². The minimum absolute atomic E-state index is 0.131. The van der Waals surface area contributed by atoms with E-state index in [1.54, 1.807) is 0 Å². The Bertz CT molecular complexity index is 741. The predicted molar refractivity (Wildman–Crippen MR) is 105 cm³/mol. The van der Waals surface area contributed by atoms with Gasteiger partial charge in [0.1, 0.15) is 0 Å². The van der Waals surface area contributed by atoms with E-state index in [-0.39, 0.29) is 17.5 Å². The molecule has 1 amide bonds. The quantitative estimate of drug-likeness (QED) is 0.207. The average Bonchev–Trinajstić information content (AvgIpc) is 3.05. The maximum absolute atomic E-state index is 12.9. The maximum Gasteiger partial charge on any atom is 0.220 e. The zero-order valence-electron chi connectivity index (χ0n) is 14.7. The summed E-state index contributed by atoms with van der Waals surface area (Å²) in [6, 6.07) is 6.95. The molecule has 0 bridgehead atoms. The molecule has 6 N–H and O–H groups in total. The van der Waals surface area contributed by atoms with E-state index >= 15 is 0 Å². The molecule has 0 spiro atoms. The molecule has 0 fully saturated rings. The second-order valence-electron chi connectivity index (χ2n) is 6.13. The van der Waals surface area contributed by atoms with E-state index in [0.717, 1.165) is 10.2 Å². The van der Waals surface area contributed by atoms with Crippen molar-refractivity contribution in [2.75, 3.05) is 6.54 Å². The molecule has 1 heterocycles. The first kappa shape index (κ1) is 20.0. The molecule has 0 aliphatic rings. The lowest BCUT2D eigenvalue weighted by atomic mass is 10.0. The Labute approximate surface area is 156 Å². The maximum atomic E-state index is 12.9. The number of para-hydroxylation sites is 1. The second kappa shape index (κ2) is 9.98. The summed E-state index contributed by atoms with van der Waals surface area (Å²) < 4.78 is 0.945. The van der Waals surface area contributed by atoms with Gasteiger partial charge in [0.05, 0.1) is 22.1 Å². The molecule has 2 aromatic rings. The molecule has 140 valence electrons. The fourth-order valence-corrected chi connectivity index (χ4v) is 3.55. The molecule has 0 saturated carbocycles. The standard InChI is InChI=1S/C18H25N5O2S/c19-11-5-10-16(24)22-13(7-2-4-9-15(20)21)17(25)18-23-12-6-1-3-8-14(12)26-18/h1,3,6,8,13H,2,4-5,7,9-11,19H2,(H3,20,21)(H,22,24)/t13-/m0/s1. The molecule has 0 radical (unpaired) electrons. The first-order valence-corrected chi connectivity index (χ1v) is 9.55. The van der Waals surface area contributed by atoms with Gasteiger partial charge in [-0.15, -0.1) is 11.3 Å². The number of amides is 1. The molecule has 0 saturated heterocycles. The fourth-order valence-electron chi connectivity index (χ4n) is 2.59. The first-order valence-electron chi connectivity index (χ1n) is 8.73. The van der Waals surface area contributed by atoms with Crippen LogP contribution >= 0.6 is 11.3 Å². The molecule has 2 rings (SSSR count). The number of thiazole rings is 1. The molecule has 1 atom stereocenters. The van der Waals surface area contributed by atoms with Crippen molar-refractivity contribution in [1.82, 2.24) is 10.3 Å². The number of nitrogens with zero attached hydrogens (tertiary/aromatic N) is 1. The first-order chi connectivity index (χ1) is 12.5. The van der Waals surface area contributed by atoms with Crippen molar-refractivity contribution in [3.05, 3.63) is 29.3 Å². The van der Waals surface area contributed by atoms with Crippen LogP contribution in [0.1, 0.15) is 48.3 Å². The summed E-state index contributed by atoms with van der Waals surface area (Å²) in [4.78, 5) is 29.4. The van der Waals surface area contributed by atoms with E-state index in [2.05, 4.69) is 10.3 Å². The summed E-state index contributed by atoms with van der Waals surface area (Å²) in [7, 11) is 0. The van der Waals surface area contributed by atoms with E-state index < -0.39 is 6.04 Å². The summed E-state index contributed by atoms with van der Waals surface area (Å²) in [5.41, 5.74) is 11.6. The molecule has 8 heteroatoms. The van der Waals surface area contributed by atoms with Gasteiger partial charge in [0.15, 0.2) is 5.01 Å². The molecule has 1 aromatic carbocycles. The van der Waals surface area contributed by atoms with E-state index in [1.807, 2.05) is 24.3 Å². The molecule has 1 aromatic heterocycles. The lowest BCUT2D eigenvalue weighted by Crippen LogP contribution is -2.41. The van der Waals surface area contributed by atoms with Crippen molar-refractivity contribution < 1.29 is 9.59 Å². The van der Waals surface area contributed by atoms with Crippen molar-refractivity contribution >= 4 is 39.1 Å². The van der Waals surface area contributed by atoms with Crippen LogP contribution in [0.4, 0.5) is 0 Å². The highest BCUT2D eigenvalue weighted by molar-refractivity contribution is 7.20. The van der Waals surface area contributed by atoms with Crippen LogP contribution in [-0.4, -0.2) is 35.1 Å². The number of fused-ring (bicyclic) bond motifs is 1. The van der Waals surface area contributed by atoms with Gasteiger partial charge in [-0.05, 0) is 37.9 Å². The third kappa shape index (κ3) is 5.89. The van der Waals surface area contributed by atoms with Crippen LogP contribution in [0, 0.1) is 5.41 Å². The number of nitrogens with one attached hydrogen (secondary N) is 2. The minimum atomic E-state index is -0.618. The van der Waals surface area contributed by atoms with Crippen molar-refractivity contribution in [2.24, 2.45) is 11.5 Å². The van der Waals surface area contributed by atoms with Gasteiger partial charge < -0.3 is 16.8 Å². The monoisotopic (exact) mass is 375 g/mol. The number of rotatable bonds is 11.